The topological polar surface area (TPSA) is 42.0 Å². The van der Waals surface area contributed by atoms with Crippen LogP contribution in [-0.4, -0.2) is 10.9 Å². The second-order valence-corrected chi connectivity index (χ2v) is 5.37. The standard InChI is InChI=1S/C21H16N2O/c1-3-4-11-17-15(2)8-5-12-18(17)21(24)23-19-13-6-9-16-10-7-14-22-20(16)19/h1,4-14H,2H3,(H,23,24)/b11-4-. The average Bonchev–Trinajstić information content (AvgIpc) is 2.61. The zero-order valence-electron chi connectivity index (χ0n) is 13.3. The van der Waals surface area contributed by atoms with Crippen LogP contribution in [0.2, 0.25) is 0 Å². The first-order valence-electron chi connectivity index (χ1n) is 7.58. The van der Waals surface area contributed by atoms with E-state index in [2.05, 4.69) is 16.2 Å². The number of carbonyl (C=O) groups is 1. The highest BCUT2D eigenvalue weighted by atomic mass is 16.1. The van der Waals surface area contributed by atoms with Gasteiger partial charge in [0, 0.05) is 17.1 Å². The van der Waals surface area contributed by atoms with Crippen LogP contribution >= 0.6 is 0 Å². The zero-order valence-corrected chi connectivity index (χ0v) is 13.3. The van der Waals surface area contributed by atoms with Crippen LogP contribution in [-0.2, 0) is 0 Å². The Morgan fingerprint density at radius 2 is 1.96 bits per heavy atom. The predicted molar refractivity (Wildman–Crippen MR) is 98.7 cm³/mol. The number of nitrogens with one attached hydrogen (secondary N) is 1. The maximum atomic E-state index is 12.8. The van der Waals surface area contributed by atoms with Gasteiger partial charge in [-0.2, -0.15) is 0 Å². The Morgan fingerprint density at radius 1 is 1.17 bits per heavy atom. The maximum absolute atomic E-state index is 12.8. The molecule has 3 heteroatoms. The molecule has 0 atom stereocenters. The Labute approximate surface area is 141 Å². The smallest absolute Gasteiger partial charge is 0.256 e. The van der Waals surface area contributed by atoms with Gasteiger partial charge in [0.05, 0.1) is 11.2 Å². The summed E-state index contributed by atoms with van der Waals surface area (Å²) in [5.74, 6) is 2.27. The van der Waals surface area contributed by atoms with E-state index >= 15 is 0 Å². The molecular formula is C21H16N2O. The van der Waals surface area contributed by atoms with Gasteiger partial charge in [-0.15, -0.1) is 6.42 Å². The summed E-state index contributed by atoms with van der Waals surface area (Å²) in [6.07, 6.45) is 10.4. The van der Waals surface area contributed by atoms with Gasteiger partial charge in [-0.1, -0.05) is 36.3 Å². The summed E-state index contributed by atoms with van der Waals surface area (Å²) in [5, 5.41) is 3.94. The summed E-state index contributed by atoms with van der Waals surface area (Å²) in [4.78, 5) is 17.1. The van der Waals surface area contributed by atoms with E-state index in [-0.39, 0.29) is 5.91 Å². The highest BCUT2D eigenvalue weighted by molar-refractivity contribution is 6.10. The third-order valence-corrected chi connectivity index (χ3v) is 3.80. The van der Waals surface area contributed by atoms with Crippen molar-refractivity contribution in [2.45, 2.75) is 6.92 Å². The number of fused-ring (bicyclic) bond motifs is 1. The molecule has 0 saturated heterocycles. The van der Waals surface area contributed by atoms with E-state index in [1.807, 2.05) is 49.4 Å². The van der Waals surface area contributed by atoms with Crippen LogP contribution in [0.3, 0.4) is 0 Å². The molecule has 0 aliphatic rings. The molecule has 0 aliphatic carbocycles. The molecule has 0 radical (unpaired) electrons. The highest BCUT2D eigenvalue weighted by Gasteiger charge is 2.13. The summed E-state index contributed by atoms with van der Waals surface area (Å²) in [6.45, 7) is 1.95. The molecular weight excluding hydrogens is 296 g/mol. The van der Waals surface area contributed by atoms with E-state index in [0.29, 0.717) is 11.3 Å². The molecule has 3 rings (SSSR count). The number of anilines is 1. The molecule has 3 aromatic rings. The largest absolute Gasteiger partial charge is 0.320 e. The van der Waals surface area contributed by atoms with Crippen molar-refractivity contribution in [3.8, 4) is 12.3 Å². The molecule has 0 unspecified atom stereocenters. The van der Waals surface area contributed by atoms with Gasteiger partial charge in [0.25, 0.3) is 5.91 Å². The van der Waals surface area contributed by atoms with Crippen molar-refractivity contribution >= 4 is 28.6 Å². The molecule has 1 heterocycles. The monoisotopic (exact) mass is 312 g/mol. The van der Waals surface area contributed by atoms with Gasteiger partial charge in [-0.05, 0) is 48.4 Å². The second kappa shape index (κ2) is 6.80. The number of amides is 1. The summed E-state index contributed by atoms with van der Waals surface area (Å²) in [7, 11) is 0. The molecule has 116 valence electrons. The predicted octanol–water partition coefficient (Wildman–Crippen LogP) is 4.44. The number of aromatic nitrogens is 1. The number of hydrogen-bond donors (Lipinski definition) is 1. The number of carbonyl (C=O) groups excluding carboxylic acids is 1. The molecule has 0 aliphatic heterocycles. The van der Waals surface area contributed by atoms with Gasteiger partial charge in [0.15, 0.2) is 0 Å². The van der Waals surface area contributed by atoms with Crippen molar-refractivity contribution in [3.63, 3.8) is 0 Å². The van der Waals surface area contributed by atoms with Crippen molar-refractivity contribution < 1.29 is 4.79 Å². The number of benzene rings is 2. The minimum atomic E-state index is -0.187. The van der Waals surface area contributed by atoms with Crippen LogP contribution < -0.4 is 5.32 Å². The van der Waals surface area contributed by atoms with E-state index in [1.54, 1.807) is 24.4 Å². The van der Waals surface area contributed by atoms with Gasteiger partial charge in [-0.25, -0.2) is 0 Å². The average molecular weight is 312 g/mol. The van der Waals surface area contributed by atoms with Crippen molar-refractivity contribution in [2.24, 2.45) is 0 Å². The van der Waals surface area contributed by atoms with Crippen LogP contribution in [0, 0.1) is 19.3 Å². The van der Waals surface area contributed by atoms with Crippen molar-refractivity contribution in [1.82, 2.24) is 4.98 Å². The van der Waals surface area contributed by atoms with E-state index in [9.17, 15) is 4.79 Å². The quantitative estimate of drug-likeness (QED) is 0.726. The lowest BCUT2D eigenvalue weighted by atomic mass is 10.0. The first-order valence-corrected chi connectivity index (χ1v) is 7.58. The van der Waals surface area contributed by atoms with Gasteiger partial charge < -0.3 is 5.32 Å². The summed E-state index contributed by atoms with van der Waals surface area (Å²) < 4.78 is 0. The molecule has 3 nitrogen and oxygen atoms in total. The molecule has 2 aromatic carbocycles. The van der Waals surface area contributed by atoms with Crippen LogP contribution in [0.5, 0.6) is 0 Å². The number of nitrogens with zero attached hydrogens (tertiary/aromatic N) is 1. The highest BCUT2D eigenvalue weighted by Crippen LogP contribution is 2.23. The second-order valence-electron chi connectivity index (χ2n) is 5.37. The first kappa shape index (κ1) is 15.5. The van der Waals surface area contributed by atoms with E-state index in [0.717, 1.165) is 22.0 Å². The molecule has 1 aromatic heterocycles. The lowest BCUT2D eigenvalue weighted by Crippen LogP contribution is -2.14. The van der Waals surface area contributed by atoms with Gasteiger partial charge >= 0.3 is 0 Å². The zero-order chi connectivity index (χ0) is 16.9. The number of aryl methyl sites for hydroxylation is 1. The summed E-state index contributed by atoms with van der Waals surface area (Å²) >= 11 is 0. The number of terminal acetylenes is 1. The van der Waals surface area contributed by atoms with Crippen molar-refractivity contribution in [1.29, 1.82) is 0 Å². The van der Waals surface area contributed by atoms with Crippen LogP contribution in [0.25, 0.3) is 17.0 Å². The number of hydrogen-bond acceptors (Lipinski definition) is 2. The Bertz CT molecular complexity index is 975. The minimum Gasteiger partial charge on any atom is -0.320 e. The molecule has 1 N–H and O–H groups in total. The van der Waals surface area contributed by atoms with Gasteiger partial charge in [0.2, 0.25) is 0 Å². The Kier molecular flexibility index (Phi) is 4.40. The lowest BCUT2D eigenvalue weighted by Gasteiger charge is -2.11. The third kappa shape index (κ3) is 3.04. The van der Waals surface area contributed by atoms with Crippen molar-refractivity contribution in [3.05, 3.63) is 77.5 Å². The van der Waals surface area contributed by atoms with Crippen LogP contribution in [0.15, 0.2) is 60.8 Å². The molecule has 0 spiro atoms. The molecule has 0 saturated carbocycles. The fourth-order valence-corrected chi connectivity index (χ4v) is 2.63. The van der Waals surface area contributed by atoms with Gasteiger partial charge in [0.1, 0.15) is 0 Å². The fourth-order valence-electron chi connectivity index (χ4n) is 2.63. The normalized spacial score (nSPS) is 10.7. The molecule has 0 fully saturated rings. The Morgan fingerprint density at radius 3 is 2.79 bits per heavy atom. The maximum Gasteiger partial charge on any atom is 0.256 e. The third-order valence-electron chi connectivity index (χ3n) is 3.80. The molecule has 1 amide bonds. The first-order chi connectivity index (χ1) is 11.7. The van der Waals surface area contributed by atoms with Crippen molar-refractivity contribution in [2.75, 3.05) is 5.32 Å². The number of pyridine rings is 1. The van der Waals surface area contributed by atoms with E-state index < -0.39 is 0 Å². The molecule has 0 bridgehead atoms. The van der Waals surface area contributed by atoms with Crippen LogP contribution in [0.1, 0.15) is 21.5 Å². The summed E-state index contributed by atoms with van der Waals surface area (Å²) in [5.41, 5.74) is 3.84. The Hall–Kier alpha value is -3.38. The minimum absolute atomic E-state index is 0.187. The van der Waals surface area contributed by atoms with Crippen LogP contribution in [0.4, 0.5) is 5.69 Å². The Balaban J connectivity index is 2.00. The summed E-state index contributed by atoms with van der Waals surface area (Å²) in [6, 6.07) is 15.1. The number of rotatable bonds is 3. The lowest BCUT2D eigenvalue weighted by molar-refractivity contribution is 0.102. The van der Waals surface area contributed by atoms with E-state index in [4.69, 9.17) is 6.42 Å². The molecule has 24 heavy (non-hydrogen) atoms. The number of para-hydroxylation sites is 1. The van der Waals surface area contributed by atoms with E-state index in [1.165, 1.54) is 0 Å². The van der Waals surface area contributed by atoms with Gasteiger partial charge in [-0.3, -0.25) is 9.78 Å². The SMILES string of the molecule is C#C/C=C\c1c(C)cccc1C(=O)Nc1cccc2cccnc12. The number of allylic oxidation sites excluding steroid dienone is 1. The fraction of sp³-hybridized carbons (Fsp3) is 0.0476.